The quantitative estimate of drug-likeness (QED) is 0.569. The van der Waals surface area contributed by atoms with Gasteiger partial charge in [-0.25, -0.2) is 9.59 Å². The SMILES string of the molecule is O=C(O)CC[C@H](NC(=O)NCCc1ccsc1)C(=O)O. The molecule has 0 fully saturated rings. The van der Waals surface area contributed by atoms with Gasteiger partial charge >= 0.3 is 18.0 Å². The number of aliphatic carboxylic acids is 2. The van der Waals surface area contributed by atoms with Gasteiger partial charge in [0.15, 0.2) is 0 Å². The molecule has 0 radical (unpaired) electrons. The Labute approximate surface area is 119 Å². The molecule has 1 atom stereocenters. The van der Waals surface area contributed by atoms with E-state index in [1.807, 2.05) is 16.8 Å². The summed E-state index contributed by atoms with van der Waals surface area (Å²) in [7, 11) is 0. The molecule has 1 aromatic rings. The van der Waals surface area contributed by atoms with Crippen LogP contribution in [-0.2, 0) is 16.0 Å². The lowest BCUT2D eigenvalue weighted by Gasteiger charge is -2.14. The second kappa shape index (κ2) is 8.16. The summed E-state index contributed by atoms with van der Waals surface area (Å²) >= 11 is 1.56. The van der Waals surface area contributed by atoms with Crippen molar-refractivity contribution in [1.82, 2.24) is 10.6 Å². The highest BCUT2D eigenvalue weighted by Gasteiger charge is 2.20. The van der Waals surface area contributed by atoms with Crippen LogP contribution in [-0.4, -0.2) is 40.8 Å². The van der Waals surface area contributed by atoms with Crippen molar-refractivity contribution in [3.8, 4) is 0 Å². The average molecular weight is 300 g/mol. The summed E-state index contributed by atoms with van der Waals surface area (Å²) in [5, 5.41) is 26.1. The summed E-state index contributed by atoms with van der Waals surface area (Å²) in [5.74, 6) is -2.35. The number of urea groups is 1. The molecule has 4 N–H and O–H groups in total. The molecule has 0 saturated carbocycles. The van der Waals surface area contributed by atoms with Crippen molar-refractivity contribution in [1.29, 1.82) is 0 Å². The van der Waals surface area contributed by atoms with Crippen molar-refractivity contribution in [2.24, 2.45) is 0 Å². The number of carbonyl (C=O) groups excluding carboxylic acids is 1. The van der Waals surface area contributed by atoms with Crippen molar-refractivity contribution in [2.75, 3.05) is 6.54 Å². The van der Waals surface area contributed by atoms with E-state index in [4.69, 9.17) is 10.2 Å². The number of rotatable bonds is 8. The van der Waals surface area contributed by atoms with Gasteiger partial charge in [0.2, 0.25) is 0 Å². The molecule has 1 rings (SSSR count). The molecule has 1 heterocycles. The van der Waals surface area contributed by atoms with E-state index in [0.717, 1.165) is 5.56 Å². The van der Waals surface area contributed by atoms with E-state index in [1.54, 1.807) is 11.3 Å². The molecular weight excluding hydrogens is 284 g/mol. The zero-order valence-electron chi connectivity index (χ0n) is 10.7. The molecular formula is C12H16N2O5S. The van der Waals surface area contributed by atoms with Crippen LogP contribution in [0.5, 0.6) is 0 Å². The Kier molecular flexibility index (Phi) is 6.51. The number of nitrogens with one attached hydrogen (secondary N) is 2. The minimum Gasteiger partial charge on any atom is -0.481 e. The fourth-order valence-corrected chi connectivity index (χ4v) is 2.19. The standard InChI is InChI=1S/C12H16N2O5S/c15-10(16)2-1-9(11(17)18)14-12(19)13-5-3-8-4-6-20-7-8/h4,6-7,9H,1-3,5H2,(H,15,16)(H,17,18)(H2,13,14,19)/t9-/m0/s1. The maximum atomic E-state index is 11.5. The van der Waals surface area contributed by atoms with Crippen LogP contribution in [0.4, 0.5) is 4.79 Å². The highest BCUT2D eigenvalue weighted by atomic mass is 32.1. The van der Waals surface area contributed by atoms with Gasteiger partial charge in [0.1, 0.15) is 6.04 Å². The van der Waals surface area contributed by atoms with Gasteiger partial charge in [-0.15, -0.1) is 0 Å². The first-order chi connectivity index (χ1) is 9.49. The second-order valence-electron chi connectivity index (χ2n) is 4.11. The molecule has 0 aromatic carbocycles. The highest BCUT2D eigenvalue weighted by molar-refractivity contribution is 7.07. The van der Waals surface area contributed by atoms with Crippen molar-refractivity contribution in [3.05, 3.63) is 22.4 Å². The first kappa shape index (κ1) is 16.0. The fraction of sp³-hybridized carbons (Fsp3) is 0.417. The van der Waals surface area contributed by atoms with Crippen LogP contribution in [0.2, 0.25) is 0 Å². The lowest BCUT2D eigenvalue weighted by Crippen LogP contribution is -2.46. The summed E-state index contributed by atoms with van der Waals surface area (Å²) in [6, 6.07) is 0.127. The van der Waals surface area contributed by atoms with Crippen LogP contribution in [0.1, 0.15) is 18.4 Å². The van der Waals surface area contributed by atoms with Crippen LogP contribution in [0.3, 0.4) is 0 Å². The molecule has 1 aromatic heterocycles. The lowest BCUT2D eigenvalue weighted by molar-refractivity contribution is -0.140. The molecule has 0 saturated heterocycles. The number of amides is 2. The number of hydrogen-bond donors (Lipinski definition) is 4. The van der Waals surface area contributed by atoms with Gasteiger partial charge < -0.3 is 20.8 Å². The molecule has 20 heavy (non-hydrogen) atoms. The minimum atomic E-state index is -1.25. The van der Waals surface area contributed by atoms with Crippen LogP contribution >= 0.6 is 11.3 Å². The smallest absolute Gasteiger partial charge is 0.326 e. The fourth-order valence-electron chi connectivity index (χ4n) is 1.49. The number of carbonyl (C=O) groups is 3. The molecule has 0 unspecified atom stereocenters. The third kappa shape index (κ3) is 6.19. The number of hydrogen-bond acceptors (Lipinski definition) is 4. The van der Waals surface area contributed by atoms with E-state index in [-0.39, 0.29) is 12.8 Å². The Morgan fingerprint density at radius 3 is 2.60 bits per heavy atom. The van der Waals surface area contributed by atoms with Crippen molar-refractivity contribution in [2.45, 2.75) is 25.3 Å². The number of thiophene rings is 1. The summed E-state index contributed by atoms with van der Waals surface area (Å²) in [6.07, 6.45) is 0.193. The monoisotopic (exact) mass is 300 g/mol. The average Bonchev–Trinajstić information content (AvgIpc) is 2.87. The molecule has 110 valence electrons. The van der Waals surface area contributed by atoms with E-state index in [1.165, 1.54) is 0 Å². The summed E-state index contributed by atoms with van der Waals surface area (Å²) in [4.78, 5) is 32.8. The lowest BCUT2D eigenvalue weighted by atomic mass is 10.1. The van der Waals surface area contributed by atoms with Crippen molar-refractivity contribution in [3.63, 3.8) is 0 Å². The molecule has 2 amide bonds. The van der Waals surface area contributed by atoms with E-state index < -0.39 is 24.0 Å². The molecule has 0 bridgehead atoms. The molecule has 0 aliphatic rings. The van der Waals surface area contributed by atoms with E-state index in [2.05, 4.69) is 10.6 Å². The zero-order valence-corrected chi connectivity index (χ0v) is 11.5. The van der Waals surface area contributed by atoms with Gasteiger partial charge in [-0.2, -0.15) is 11.3 Å². The molecule has 8 heteroatoms. The minimum absolute atomic E-state index is 0.150. The van der Waals surface area contributed by atoms with Gasteiger partial charge in [0, 0.05) is 13.0 Å². The molecule has 0 aliphatic heterocycles. The van der Waals surface area contributed by atoms with Gasteiger partial charge in [0.05, 0.1) is 0 Å². The Morgan fingerprint density at radius 1 is 1.30 bits per heavy atom. The molecule has 7 nitrogen and oxygen atoms in total. The van der Waals surface area contributed by atoms with Gasteiger partial charge in [0.25, 0.3) is 0 Å². The highest BCUT2D eigenvalue weighted by Crippen LogP contribution is 2.05. The van der Waals surface area contributed by atoms with Crippen LogP contribution in [0, 0.1) is 0 Å². The third-order valence-corrected chi connectivity index (χ3v) is 3.26. The van der Waals surface area contributed by atoms with Crippen LogP contribution < -0.4 is 10.6 Å². The van der Waals surface area contributed by atoms with Crippen molar-refractivity contribution < 1.29 is 24.6 Å². The second-order valence-corrected chi connectivity index (χ2v) is 4.89. The van der Waals surface area contributed by atoms with E-state index >= 15 is 0 Å². The maximum Gasteiger partial charge on any atom is 0.326 e. The Morgan fingerprint density at radius 2 is 2.05 bits per heavy atom. The normalized spacial score (nSPS) is 11.6. The van der Waals surface area contributed by atoms with E-state index in [9.17, 15) is 14.4 Å². The van der Waals surface area contributed by atoms with Gasteiger partial charge in [-0.1, -0.05) is 0 Å². The Balaban J connectivity index is 2.30. The summed E-state index contributed by atoms with van der Waals surface area (Å²) in [6.45, 7) is 0.383. The van der Waals surface area contributed by atoms with Crippen LogP contribution in [0.25, 0.3) is 0 Å². The van der Waals surface area contributed by atoms with Gasteiger partial charge in [-0.05, 0) is 35.2 Å². The number of carboxylic acids is 2. The first-order valence-corrected chi connectivity index (χ1v) is 6.93. The largest absolute Gasteiger partial charge is 0.481 e. The van der Waals surface area contributed by atoms with Crippen molar-refractivity contribution >= 4 is 29.3 Å². The zero-order chi connectivity index (χ0) is 15.0. The van der Waals surface area contributed by atoms with Crippen LogP contribution in [0.15, 0.2) is 16.8 Å². The summed E-state index contributed by atoms with van der Waals surface area (Å²) < 4.78 is 0. The van der Waals surface area contributed by atoms with E-state index in [0.29, 0.717) is 13.0 Å². The summed E-state index contributed by atoms with van der Waals surface area (Å²) in [5.41, 5.74) is 1.09. The topological polar surface area (TPSA) is 116 Å². The maximum absolute atomic E-state index is 11.5. The number of carboxylic acid groups (broad SMARTS) is 2. The Hall–Kier alpha value is -2.09. The molecule has 0 spiro atoms. The Bertz CT molecular complexity index is 460. The predicted molar refractivity (Wildman–Crippen MR) is 72.9 cm³/mol. The predicted octanol–water partition coefficient (Wildman–Crippen LogP) is 0.908. The molecule has 0 aliphatic carbocycles. The third-order valence-electron chi connectivity index (χ3n) is 2.53. The first-order valence-electron chi connectivity index (χ1n) is 5.99. The van der Waals surface area contributed by atoms with Gasteiger partial charge in [-0.3, -0.25) is 4.79 Å².